The van der Waals surface area contributed by atoms with Crippen molar-refractivity contribution in [3.8, 4) is 0 Å². The summed E-state index contributed by atoms with van der Waals surface area (Å²) in [6.45, 7) is 2.76. The molecule has 0 saturated heterocycles. The summed E-state index contributed by atoms with van der Waals surface area (Å²) in [4.78, 5) is 10.2. The lowest BCUT2D eigenvalue weighted by Gasteiger charge is -2.10. The van der Waals surface area contributed by atoms with Crippen molar-refractivity contribution < 1.29 is 9.18 Å². The van der Waals surface area contributed by atoms with Gasteiger partial charge < -0.3 is 10.6 Å². The highest BCUT2D eigenvalue weighted by atomic mass is 19.1. The molecule has 2 N–H and O–H groups in total. The van der Waals surface area contributed by atoms with Crippen LogP contribution < -0.4 is 10.6 Å². The molecular formula is C10H13FN2O. The van der Waals surface area contributed by atoms with Crippen LogP contribution in [0.4, 0.5) is 15.8 Å². The van der Waals surface area contributed by atoms with Gasteiger partial charge in [-0.05, 0) is 18.6 Å². The molecular weight excluding hydrogens is 183 g/mol. The summed E-state index contributed by atoms with van der Waals surface area (Å²) in [5, 5.41) is 5.36. The molecule has 0 aliphatic heterocycles. The molecule has 0 spiro atoms. The first-order valence-electron chi connectivity index (χ1n) is 4.52. The van der Waals surface area contributed by atoms with Gasteiger partial charge in [-0.1, -0.05) is 13.0 Å². The molecule has 14 heavy (non-hydrogen) atoms. The van der Waals surface area contributed by atoms with Gasteiger partial charge in [0.2, 0.25) is 6.41 Å². The van der Waals surface area contributed by atoms with Crippen LogP contribution in [0, 0.1) is 5.82 Å². The summed E-state index contributed by atoms with van der Waals surface area (Å²) >= 11 is 0. The monoisotopic (exact) mass is 196 g/mol. The highest BCUT2D eigenvalue weighted by Gasteiger charge is 2.05. The summed E-state index contributed by atoms with van der Waals surface area (Å²) in [5.74, 6) is -0.432. The van der Waals surface area contributed by atoms with E-state index < -0.39 is 5.82 Å². The molecule has 1 aromatic carbocycles. The molecule has 0 heterocycles. The van der Waals surface area contributed by atoms with Crippen LogP contribution in [0.2, 0.25) is 0 Å². The molecule has 0 fully saturated rings. The highest BCUT2D eigenvalue weighted by molar-refractivity contribution is 5.81. The predicted molar refractivity (Wildman–Crippen MR) is 54.9 cm³/mol. The maximum absolute atomic E-state index is 13.2. The lowest BCUT2D eigenvalue weighted by Crippen LogP contribution is -2.06. The second kappa shape index (κ2) is 5.21. The lowest BCUT2D eigenvalue weighted by atomic mass is 10.2. The minimum Gasteiger partial charge on any atom is -0.383 e. The molecule has 1 aromatic rings. The Bertz CT molecular complexity index is 315. The van der Waals surface area contributed by atoms with Gasteiger partial charge in [-0.25, -0.2) is 4.39 Å². The maximum Gasteiger partial charge on any atom is 0.211 e. The zero-order chi connectivity index (χ0) is 10.4. The Morgan fingerprint density at radius 2 is 2.29 bits per heavy atom. The van der Waals surface area contributed by atoms with Crippen molar-refractivity contribution in [2.75, 3.05) is 17.2 Å². The van der Waals surface area contributed by atoms with E-state index in [4.69, 9.17) is 0 Å². The minimum atomic E-state index is -0.432. The number of hydrogen-bond donors (Lipinski definition) is 2. The van der Waals surface area contributed by atoms with E-state index in [-0.39, 0.29) is 5.69 Å². The minimum absolute atomic E-state index is 0.205. The fourth-order valence-corrected chi connectivity index (χ4v) is 1.14. The van der Waals surface area contributed by atoms with E-state index in [0.717, 1.165) is 13.0 Å². The number of carbonyl (C=O) groups is 1. The number of halogens is 1. The molecule has 76 valence electrons. The number of hydrogen-bond acceptors (Lipinski definition) is 2. The molecule has 0 aliphatic carbocycles. The van der Waals surface area contributed by atoms with Crippen molar-refractivity contribution >= 4 is 17.8 Å². The van der Waals surface area contributed by atoms with Gasteiger partial charge in [0, 0.05) is 6.54 Å². The van der Waals surface area contributed by atoms with Crippen LogP contribution in [-0.2, 0) is 4.79 Å². The number of para-hydroxylation sites is 1. The molecule has 0 aromatic heterocycles. The molecule has 0 radical (unpaired) electrons. The van der Waals surface area contributed by atoms with Gasteiger partial charge in [0.1, 0.15) is 11.5 Å². The Balaban J connectivity index is 2.89. The SMILES string of the molecule is CCCNc1cccc(F)c1NC=O. The summed E-state index contributed by atoms with van der Waals surface area (Å²) in [6.07, 6.45) is 1.41. The first-order chi connectivity index (χ1) is 6.79. The van der Waals surface area contributed by atoms with Gasteiger partial charge in [0.25, 0.3) is 0 Å². The average Bonchev–Trinajstić information content (AvgIpc) is 2.19. The number of amides is 1. The van der Waals surface area contributed by atoms with Crippen LogP contribution in [0.3, 0.4) is 0 Å². The molecule has 1 amide bonds. The standard InChI is InChI=1S/C10H13FN2O/c1-2-6-12-9-5-3-4-8(11)10(9)13-7-14/h3-5,7,12H,2,6H2,1H3,(H,13,14). The Labute approximate surface area is 82.3 Å². The van der Waals surface area contributed by atoms with Crippen LogP contribution in [0.5, 0.6) is 0 Å². The van der Waals surface area contributed by atoms with E-state index in [1.54, 1.807) is 12.1 Å². The van der Waals surface area contributed by atoms with E-state index in [1.165, 1.54) is 6.07 Å². The van der Waals surface area contributed by atoms with Gasteiger partial charge in [-0.15, -0.1) is 0 Å². The van der Waals surface area contributed by atoms with Gasteiger partial charge in [-0.3, -0.25) is 4.79 Å². The maximum atomic E-state index is 13.2. The van der Waals surface area contributed by atoms with Crippen molar-refractivity contribution in [2.24, 2.45) is 0 Å². The Kier molecular flexibility index (Phi) is 3.91. The van der Waals surface area contributed by atoms with E-state index in [2.05, 4.69) is 10.6 Å². The van der Waals surface area contributed by atoms with Gasteiger partial charge in [-0.2, -0.15) is 0 Å². The normalized spacial score (nSPS) is 9.57. The summed E-state index contributed by atoms with van der Waals surface area (Å²) in [5.41, 5.74) is 0.815. The topological polar surface area (TPSA) is 41.1 Å². The van der Waals surface area contributed by atoms with Crippen molar-refractivity contribution in [3.63, 3.8) is 0 Å². The number of nitrogens with one attached hydrogen (secondary N) is 2. The Morgan fingerprint density at radius 3 is 2.93 bits per heavy atom. The fourth-order valence-electron chi connectivity index (χ4n) is 1.14. The van der Waals surface area contributed by atoms with Crippen LogP contribution in [-0.4, -0.2) is 13.0 Å². The largest absolute Gasteiger partial charge is 0.383 e. The Hall–Kier alpha value is -1.58. The van der Waals surface area contributed by atoms with Crippen molar-refractivity contribution in [1.82, 2.24) is 0 Å². The fraction of sp³-hybridized carbons (Fsp3) is 0.300. The zero-order valence-corrected chi connectivity index (χ0v) is 8.01. The molecule has 0 atom stereocenters. The second-order valence-corrected chi connectivity index (χ2v) is 2.85. The first kappa shape index (κ1) is 10.5. The molecule has 1 rings (SSSR count). The van der Waals surface area contributed by atoms with Crippen molar-refractivity contribution in [2.45, 2.75) is 13.3 Å². The molecule has 0 unspecified atom stereocenters. The zero-order valence-electron chi connectivity index (χ0n) is 8.01. The van der Waals surface area contributed by atoms with Gasteiger partial charge >= 0.3 is 0 Å². The quantitative estimate of drug-likeness (QED) is 0.709. The van der Waals surface area contributed by atoms with Crippen LogP contribution in [0.25, 0.3) is 0 Å². The van der Waals surface area contributed by atoms with E-state index in [9.17, 15) is 9.18 Å². The molecule has 3 nitrogen and oxygen atoms in total. The third-order valence-electron chi connectivity index (χ3n) is 1.78. The molecule has 4 heteroatoms. The predicted octanol–water partition coefficient (Wildman–Crippen LogP) is 2.22. The third-order valence-corrected chi connectivity index (χ3v) is 1.78. The van der Waals surface area contributed by atoms with Crippen LogP contribution in [0.15, 0.2) is 18.2 Å². The Morgan fingerprint density at radius 1 is 1.50 bits per heavy atom. The van der Waals surface area contributed by atoms with Crippen LogP contribution in [0.1, 0.15) is 13.3 Å². The van der Waals surface area contributed by atoms with Gasteiger partial charge in [0.05, 0.1) is 5.69 Å². The highest BCUT2D eigenvalue weighted by Crippen LogP contribution is 2.24. The number of rotatable bonds is 5. The summed E-state index contributed by atoms with van der Waals surface area (Å²) in [6, 6.07) is 4.64. The molecule has 0 aliphatic rings. The average molecular weight is 196 g/mol. The van der Waals surface area contributed by atoms with Crippen molar-refractivity contribution in [3.05, 3.63) is 24.0 Å². The summed E-state index contributed by atoms with van der Waals surface area (Å²) < 4.78 is 13.2. The molecule has 0 bridgehead atoms. The van der Waals surface area contributed by atoms with Crippen molar-refractivity contribution in [1.29, 1.82) is 0 Å². The van der Waals surface area contributed by atoms with Gasteiger partial charge in [0.15, 0.2) is 0 Å². The van der Waals surface area contributed by atoms with E-state index >= 15 is 0 Å². The molecule has 0 saturated carbocycles. The number of anilines is 2. The van der Waals surface area contributed by atoms with E-state index in [1.807, 2.05) is 6.92 Å². The van der Waals surface area contributed by atoms with E-state index in [0.29, 0.717) is 12.1 Å². The summed E-state index contributed by atoms with van der Waals surface area (Å²) in [7, 11) is 0. The first-order valence-corrected chi connectivity index (χ1v) is 4.52. The smallest absolute Gasteiger partial charge is 0.211 e. The second-order valence-electron chi connectivity index (χ2n) is 2.85. The number of carbonyl (C=O) groups excluding carboxylic acids is 1. The van der Waals surface area contributed by atoms with Crippen LogP contribution >= 0.6 is 0 Å². The number of benzene rings is 1. The third kappa shape index (κ3) is 2.45. The lowest BCUT2D eigenvalue weighted by molar-refractivity contribution is -0.105.